The highest BCUT2D eigenvalue weighted by Gasteiger charge is 2.01. The maximum Gasteiger partial charge on any atom is 0.347 e. The van der Waals surface area contributed by atoms with E-state index in [0.717, 1.165) is 4.68 Å². The van der Waals surface area contributed by atoms with Crippen molar-refractivity contribution < 1.29 is 0 Å². The Morgan fingerprint density at radius 2 is 2.06 bits per heavy atom. The molecule has 2 aromatic rings. The molecular weight excluding hydrogens is 226 g/mol. The molecule has 0 atom stereocenters. The molecular formula is C9H9N5O3. The third kappa shape index (κ3) is 2.30. The molecule has 0 amide bonds. The zero-order valence-corrected chi connectivity index (χ0v) is 8.85. The van der Waals surface area contributed by atoms with Gasteiger partial charge in [0, 0.05) is 24.0 Å². The summed E-state index contributed by atoms with van der Waals surface area (Å²) in [6.07, 6.45) is 2.64. The first-order chi connectivity index (χ1) is 8.06. The van der Waals surface area contributed by atoms with Gasteiger partial charge in [0.15, 0.2) is 0 Å². The van der Waals surface area contributed by atoms with Gasteiger partial charge in [0.2, 0.25) is 0 Å². The highest BCUT2D eigenvalue weighted by Crippen LogP contribution is 2.04. The molecule has 0 aliphatic heterocycles. The Morgan fingerprint density at radius 3 is 2.76 bits per heavy atom. The summed E-state index contributed by atoms with van der Waals surface area (Å²) in [6, 6.07) is 1.18. The molecule has 0 saturated heterocycles. The molecule has 0 radical (unpaired) electrons. The Kier molecular flexibility index (Phi) is 2.61. The van der Waals surface area contributed by atoms with E-state index >= 15 is 0 Å². The molecule has 0 fully saturated rings. The van der Waals surface area contributed by atoms with E-state index in [1.165, 1.54) is 18.5 Å². The largest absolute Gasteiger partial charge is 0.347 e. The van der Waals surface area contributed by atoms with Crippen molar-refractivity contribution >= 4 is 5.82 Å². The minimum absolute atomic E-state index is 0.333. The van der Waals surface area contributed by atoms with Crippen molar-refractivity contribution in [2.75, 3.05) is 5.43 Å². The van der Waals surface area contributed by atoms with Crippen molar-refractivity contribution in [1.29, 1.82) is 0 Å². The first kappa shape index (κ1) is 10.9. The third-order valence-corrected chi connectivity index (χ3v) is 2.06. The van der Waals surface area contributed by atoms with Gasteiger partial charge in [-0.1, -0.05) is 0 Å². The Morgan fingerprint density at radius 1 is 1.29 bits per heavy atom. The van der Waals surface area contributed by atoms with Crippen molar-refractivity contribution in [3.05, 3.63) is 55.3 Å². The summed E-state index contributed by atoms with van der Waals surface area (Å²) in [5, 5.41) is 0. The van der Waals surface area contributed by atoms with Crippen molar-refractivity contribution in [2.45, 2.75) is 6.92 Å². The molecule has 0 unspecified atom stereocenters. The number of H-pyrrole nitrogens is 2. The summed E-state index contributed by atoms with van der Waals surface area (Å²) in [4.78, 5) is 41.3. The summed E-state index contributed by atoms with van der Waals surface area (Å²) in [5.74, 6) is 0.333. The lowest BCUT2D eigenvalue weighted by atomic mass is 10.3. The van der Waals surface area contributed by atoms with Crippen molar-refractivity contribution in [1.82, 2.24) is 19.6 Å². The second kappa shape index (κ2) is 4.08. The van der Waals surface area contributed by atoms with Gasteiger partial charge in [0.05, 0.1) is 0 Å². The number of aromatic nitrogens is 4. The molecule has 17 heavy (non-hydrogen) atoms. The van der Waals surface area contributed by atoms with Gasteiger partial charge < -0.3 is 0 Å². The smallest absolute Gasteiger partial charge is 0.291 e. The molecule has 0 aliphatic rings. The highest BCUT2D eigenvalue weighted by molar-refractivity contribution is 5.40. The SMILES string of the molecule is Cc1cnc(=O)[nH]c1Nn1ccc(=O)[nH]c1=O. The summed E-state index contributed by atoms with van der Waals surface area (Å²) in [7, 11) is 0. The number of aryl methyl sites for hydroxylation is 1. The van der Waals surface area contributed by atoms with Crippen LogP contribution >= 0.6 is 0 Å². The van der Waals surface area contributed by atoms with Crippen molar-refractivity contribution in [3.63, 3.8) is 0 Å². The molecule has 0 aromatic carbocycles. The second-order valence-electron chi connectivity index (χ2n) is 3.34. The van der Waals surface area contributed by atoms with Gasteiger partial charge in [-0.3, -0.25) is 20.2 Å². The van der Waals surface area contributed by atoms with Crippen LogP contribution in [0.1, 0.15) is 5.56 Å². The van der Waals surface area contributed by atoms with Crippen LogP contribution in [0.4, 0.5) is 5.82 Å². The molecule has 2 rings (SSSR count). The topological polar surface area (TPSA) is 113 Å². The summed E-state index contributed by atoms with van der Waals surface area (Å²) in [5.41, 5.74) is 1.65. The van der Waals surface area contributed by atoms with Crippen molar-refractivity contribution in [3.8, 4) is 0 Å². The highest BCUT2D eigenvalue weighted by atomic mass is 16.2. The Hall–Kier alpha value is -2.64. The molecule has 0 aliphatic carbocycles. The molecule has 8 heteroatoms. The average Bonchev–Trinajstić information content (AvgIpc) is 2.27. The molecule has 8 nitrogen and oxygen atoms in total. The van der Waals surface area contributed by atoms with E-state index in [1.807, 2.05) is 0 Å². The lowest BCUT2D eigenvalue weighted by Crippen LogP contribution is -2.33. The van der Waals surface area contributed by atoms with Gasteiger partial charge in [0.1, 0.15) is 5.82 Å². The number of nitrogens with one attached hydrogen (secondary N) is 3. The molecule has 88 valence electrons. The Balaban J connectivity index is 2.44. The van der Waals surface area contributed by atoms with Crippen LogP contribution in [0.3, 0.4) is 0 Å². The van der Waals surface area contributed by atoms with Crippen LogP contribution in [-0.2, 0) is 0 Å². The number of aromatic amines is 2. The van der Waals surface area contributed by atoms with Gasteiger partial charge in [-0.15, -0.1) is 0 Å². The molecule has 0 spiro atoms. The Labute approximate surface area is 93.9 Å². The fourth-order valence-electron chi connectivity index (χ4n) is 1.20. The van der Waals surface area contributed by atoms with Crippen LogP contribution < -0.4 is 22.4 Å². The molecule has 2 aromatic heterocycles. The standard InChI is InChI=1S/C9H9N5O3/c1-5-4-10-8(16)12-7(5)13-14-3-2-6(15)11-9(14)17/h2-4H,1H3,(H,11,15,17)(H2,10,12,13,16). The average molecular weight is 235 g/mol. The van der Waals surface area contributed by atoms with Crippen LogP contribution in [0, 0.1) is 6.92 Å². The van der Waals surface area contributed by atoms with E-state index in [2.05, 4.69) is 20.4 Å². The fourth-order valence-corrected chi connectivity index (χ4v) is 1.20. The minimum Gasteiger partial charge on any atom is -0.291 e. The molecule has 0 saturated carbocycles. The van der Waals surface area contributed by atoms with E-state index in [9.17, 15) is 14.4 Å². The van der Waals surface area contributed by atoms with Crippen LogP contribution in [0.25, 0.3) is 0 Å². The van der Waals surface area contributed by atoms with E-state index in [4.69, 9.17) is 0 Å². The predicted molar refractivity (Wildman–Crippen MR) is 59.9 cm³/mol. The van der Waals surface area contributed by atoms with E-state index in [-0.39, 0.29) is 0 Å². The van der Waals surface area contributed by atoms with E-state index in [0.29, 0.717) is 11.4 Å². The molecule has 2 heterocycles. The van der Waals surface area contributed by atoms with Crippen molar-refractivity contribution in [2.24, 2.45) is 0 Å². The van der Waals surface area contributed by atoms with E-state index < -0.39 is 16.9 Å². The normalized spacial score (nSPS) is 10.2. The second-order valence-corrected chi connectivity index (χ2v) is 3.34. The predicted octanol–water partition coefficient (Wildman–Crippen LogP) is -1.20. The van der Waals surface area contributed by atoms with Crippen LogP contribution in [0.2, 0.25) is 0 Å². The monoisotopic (exact) mass is 235 g/mol. The number of rotatable bonds is 2. The van der Waals surface area contributed by atoms with Crippen LogP contribution in [0.15, 0.2) is 32.8 Å². The van der Waals surface area contributed by atoms with E-state index in [1.54, 1.807) is 6.92 Å². The number of anilines is 1. The number of hydrogen-bond acceptors (Lipinski definition) is 5. The van der Waals surface area contributed by atoms with Gasteiger partial charge in [-0.25, -0.2) is 19.2 Å². The molecule has 0 bridgehead atoms. The first-order valence-corrected chi connectivity index (χ1v) is 4.71. The van der Waals surface area contributed by atoms with Gasteiger partial charge in [0.25, 0.3) is 5.56 Å². The molecule has 3 N–H and O–H groups in total. The maximum absolute atomic E-state index is 11.4. The minimum atomic E-state index is -0.630. The summed E-state index contributed by atoms with van der Waals surface area (Å²) < 4.78 is 1.04. The third-order valence-electron chi connectivity index (χ3n) is 2.06. The van der Waals surface area contributed by atoms with Gasteiger partial charge >= 0.3 is 11.4 Å². The summed E-state index contributed by atoms with van der Waals surface area (Å²) in [6.45, 7) is 1.71. The zero-order chi connectivity index (χ0) is 12.4. The zero-order valence-electron chi connectivity index (χ0n) is 8.85. The fraction of sp³-hybridized carbons (Fsp3) is 0.111. The Bertz CT molecular complexity index is 711. The first-order valence-electron chi connectivity index (χ1n) is 4.71. The van der Waals surface area contributed by atoms with Crippen LogP contribution in [-0.4, -0.2) is 19.6 Å². The maximum atomic E-state index is 11.4. The lowest BCUT2D eigenvalue weighted by Gasteiger charge is -2.09. The summed E-state index contributed by atoms with van der Waals surface area (Å²) >= 11 is 0. The van der Waals surface area contributed by atoms with Crippen LogP contribution in [0.5, 0.6) is 0 Å². The quantitative estimate of drug-likeness (QED) is 0.605. The number of hydrogen-bond donors (Lipinski definition) is 3. The van der Waals surface area contributed by atoms with Gasteiger partial charge in [-0.2, -0.15) is 0 Å². The lowest BCUT2D eigenvalue weighted by molar-refractivity contribution is 0.816. The van der Waals surface area contributed by atoms with Gasteiger partial charge in [-0.05, 0) is 6.92 Å². The number of nitrogens with zero attached hydrogens (tertiary/aromatic N) is 2.